The summed E-state index contributed by atoms with van der Waals surface area (Å²) in [5.74, 6) is -0.233. The van der Waals surface area contributed by atoms with Gasteiger partial charge < -0.3 is 20.3 Å². The van der Waals surface area contributed by atoms with Gasteiger partial charge in [0.05, 0.1) is 12.6 Å². The molecular formula is C29H42N4O2. The number of hydrogen-bond donors (Lipinski definition) is 2. The second-order valence-corrected chi connectivity index (χ2v) is 11.1. The Bertz CT molecular complexity index is 1080. The van der Waals surface area contributed by atoms with Crippen LogP contribution in [0.4, 0.5) is 0 Å². The van der Waals surface area contributed by atoms with E-state index in [1.807, 2.05) is 0 Å². The Kier molecular flexibility index (Phi) is 7.33. The van der Waals surface area contributed by atoms with Crippen molar-refractivity contribution in [3.8, 4) is 0 Å². The number of piperidine rings is 1. The first kappa shape index (κ1) is 24.5. The normalized spacial score (nSPS) is 24.9. The van der Waals surface area contributed by atoms with Crippen LogP contribution in [0.5, 0.6) is 0 Å². The van der Waals surface area contributed by atoms with Gasteiger partial charge in [0, 0.05) is 48.3 Å². The van der Waals surface area contributed by atoms with Gasteiger partial charge in [-0.3, -0.25) is 9.69 Å². The second-order valence-electron chi connectivity index (χ2n) is 11.1. The van der Waals surface area contributed by atoms with Crippen LogP contribution in [0.3, 0.4) is 0 Å². The zero-order valence-electron chi connectivity index (χ0n) is 21.5. The Morgan fingerprint density at radius 3 is 2.37 bits per heavy atom. The summed E-state index contributed by atoms with van der Waals surface area (Å²) in [5, 5.41) is 11.8. The molecule has 3 N–H and O–H groups in total. The number of benzene rings is 1. The van der Waals surface area contributed by atoms with Gasteiger partial charge >= 0.3 is 0 Å². The van der Waals surface area contributed by atoms with Crippen molar-refractivity contribution in [1.82, 2.24) is 14.4 Å². The summed E-state index contributed by atoms with van der Waals surface area (Å²) in [6.07, 6.45) is 9.16. The molecule has 1 aliphatic carbocycles. The van der Waals surface area contributed by atoms with Crippen molar-refractivity contribution in [2.45, 2.75) is 96.5 Å². The lowest BCUT2D eigenvalue weighted by atomic mass is 9.86. The molecule has 1 saturated carbocycles. The summed E-state index contributed by atoms with van der Waals surface area (Å²) in [5.41, 5.74) is 12.3. The fourth-order valence-electron chi connectivity index (χ4n) is 7.02. The van der Waals surface area contributed by atoms with Gasteiger partial charge in [0.1, 0.15) is 0 Å². The molecule has 5 rings (SSSR count). The lowest BCUT2D eigenvalue weighted by Gasteiger charge is -2.40. The maximum atomic E-state index is 12.0. The van der Waals surface area contributed by atoms with Crippen molar-refractivity contribution in [2.24, 2.45) is 5.73 Å². The smallest absolute Gasteiger partial charge is 0.234 e. The molecule has 2 aliphatic heterocycles. The molecule has 6 heteroatoms. The van der Waals surface area contributed by atoms with Crippen LogP contribution >= 0.6 is 0 Å². The summed E-state index contributed by atoms with van der Waals surface area (Å²) < 4.78 is 2.43. The summed E-state index contributed by atoms with van der Waals surface area (Å²) in [6, 6.07) is 9.47. The number of likely N-dealkylation sites (tertiary alicyclic amines) is 2. The number of primary amides is 1. The number of aliphatic hydroxyl groups is 1. The van der Waals surface area contributed by atoms with Gasteiger partial charge in [-0.1, -0.05) is 29.3 Å². The van der Waals surface area contributed by atoms with Gasteiger partial charge in [-0.15, -0.1) is 0 Å². The van der Waals surface area contributed by atoms with E-state index in [4.69, 9.17) is 5.73 Å². The highest BCUT2D eigenvalue weighted by Crippen LogP contribution is 2.37. The van der Waals surface area contributed by atoms with E-state index in [9.17, 15) is 9.90 Å². The zero-order valence-corrected chi connectivity index (χ0v) is 21.5. The van der Waals surface area contributed by atoms with Gasteiger partial charge in [0.2, 0.25) is 5.91 Å². The average molecular weight is 479 g/mol. The second kappa shape index (κ2) is 10.5. The summed E-state index contributed by atoms with van der Waals surface area (Å²) in [4.78, 5) is 16.9. The van der Waals surface area contributed by atoms with E-state index in [1.165, 1.54) is 47.7 Å². The number of aromatic nitrogens is 1. The third kappa shape index (κ3) is 4.81. The lowest BCUT2D eigenvalue weighted by molar-refractivity contribution is -0.122. The van der Waals surface area contributed by atoms with E-state index in [0.29, 0.717) is 18.6 Å². The molecule has 3 fully saturated rings. The predicted octanol–water partition coefficient (Wildman–Crippen LogP) is 4.50. The minimum absolute atomic E-state index is 0.0212. The lowest BCUT2D eigenvalue weighted by Crippen LogP contribution is -2.43. The minimum Gasteiger partial charge on any atom is -0.390 e. The monoisotopic (exact) mass is 478 g/mol. The molecule has 35 heavy (non-hydrogen) atoms. The van der Waals surface area contributed by atoms with Crippen molar-refractivity contribution in [2.75, 3.05) is 19.6 Å². The Morgan fingerprint density at radius 1 is 1.00 bits per heavy atom. The molecule has 190 valence electrons. The topological polar surface area (TPSA) is 74.7 Å². The van der Waals surface area contributed by atoms with Crippen molar-refractivity contribution in [1.29, 1.82) is 0 Å². The summed E-state index contributed by atoms with van der Waals surface area (Å²) in [6.45, 7) is 8.34. The number of rotatable bonds is 6. The fraction of sp³-hybridized carbons (Fsp3) is 0.621. The van der Waals surface area contributed by atoms with Crippen LogP contribution < -0.4 is 5.73 Å². The van der Waals surface area contributed by atoms with Crippen LogP contribution in [0.25, 0.3) is 10.9 Å². The van der Waals surface area contributed by atoms with Crippen LogP contribution in [-0.4, -0.2) is 57.1 Å². The first-order valence-electron chi connectivity index (χ1n) is 13.6. The minimum atomic E-state index is -0.233. The van der Waals surface area contributed by atoms with E-state index in [-0.39, 0.29) is 18.6 Å². The fourth-order valence-corrected chi connectivity index (χ4v) is 7.02. The maximum Gasteiger partial charge on any atom is 0.234 e. The van der Waals surface area contributed by atoms with Gasteiger partial charge in [0.15, 0.2) is 0 Å². The van der Waals surface area contributed by atoms with Crippen molar-refractivity contribution < 1.29 is 9.90 Å². The number of allylic oxidation sites excluding steroid dienone is 2. The third-order valence-electron chi connectivity index (χ3n) is 8.98. The number of nitrogens with two attached hydrogens (primary N) is 1. The molecule has 1 atom stereocenters. The molecule has 1 aromatic carbocycles. The van der Waals surface area contributed by atoms with E-state index in [2.05, 4.69) is 52.5 Å². The van der Waals surface area contributed by atoms with E-state index in [1.54, 1.807) is 5.57 Å². The molecule has 3 heterocycles. The highest BCUT2D eigenvalue weighted by atomic mass is 16.3. The van der Waals surface area contributed by atoms with E-state index < -0.39 is 0 Å². The molecule has 1 aromatic heterocycles. The standard InChI is InChI=1S/C29H42N4O2/c1-20(2)21-9-11-22(12-10-21)31-16-13-23(14-17-31)33-26-7-4-3-6-24(26)25(28(33)19-34)18-32-15-5-8-27(32)29(30)35/h3-4,6-7,22-23,27,34H,5,8-19H2,1-2H3,(H2,30,35). The molecule has 6 nitrogen and oxygen atoms in total. The van der Waals surface area contributed by atoms with E-state index in [0.717, 1.165) is 51.0 Å². The molecule has 0 radical (unpaired) electrons. The largest absolute Gasteiger partial charge is 0.390 e. The Hall–Kier alpha value is -2.15. The molecule has 0 spiro atoms. The maximum absolute atomic E-state index is 12.0. The number of hydrogen-bond acceptors (Lipinski definition) is 4. The van der Waals surface area contributed by atoms with Crippen LogP contribution in [0.1, 0.15) is 82.5 Å². The number of nitrogens with zero attached hydrogens (tertiary/aromatic N) is 3. The van der Waals surface area contributed by atoms with Gasteiger partial charge in [0.25, 0.3) is 0 Å². The molecule has 2 aromatic rings. The Morgan fingerprint density at radius 2 is 1.71 bits per heavy atom. The number of para-hydroxylation sites is 1. The average Bonchev–Trinajstić information content (AvgIpc) is 3.47. The summed E-state index contributed by atoms with van der Waals surface area (Å²) in [7, 11) is 0. The zero-order chi connectivity index (χ0) is 24.5. The highest BCUT2D eigenvalue weighted by Gasteiger charge is 2.33. The van der Waals surface area contributed by atoms with Crippen LogP contribution in [-0.2, 0) is 17.9 Å². The van der Waals surface area contributed by atoms with Crippen LogP contribution in [0, 0.1) is 0 Å². The van der Waals surface area contributed by atoms with Crippen molar-refractivity contribution in [3.05, 3.63) is 46.7 Å². The van der Waals surface area contributed by atoms with Gasteiger partial charge in [-0.2, -0.15) is 0 Å². The molecule has 3 aliphatic rings. The number of aliphatic hydroxyl groups excluding tert-OH is 1. The van der Waals surface area contributed by atoms with Crippen molar-refractivity contribution >= 4 is 16.8 Å². The SMILES string of the molecule is CC(C)=C1CCC(N2CCC(n3c(CO)c(CN4CCCC4C(N)=O)c4ccccc43)CC2)CC1. The van der Waals surface area contributed by atoms with Gasteiger partial charge in [-0.25, -0.2) is 0 Å². The third-order valence-corrected chi connectivity index (χ3v) is 8.98. The van der Waals surface area contributed by atoms with Crippen LogP contribution in [0.15, 0.2) is 35.4 Å². The quantitative estimate of drug-likeness (QED) is 0.600. The Labute approximate surface area is 209 Å². The molecule has 2 saturated heterocycles. The number of carbonyl (C=O) groups is 1. The molecule has 1 unspecified atom stereocenters. The van der Waals surface area contributed by atoms with Crippen LogP contribution in [0.2, 0.25) is 0 Å². The van der Waals surface area contributed by atoms with Gasteiger partial charge in [-0.05, 0) is 83.4 Å². The highest BCUT2D eigenvalue weighted by molar-refractivity contribution is 5.86. The van der Waals surface area contributed by atoms with E-state index >= 15 is 0 Å². The first-order valence-corrected chi connectivity index (χ1v) is 13.6. The summed E-state index contributed by atoms with van der Waals surface area (Å²) >= 11 is 0. The number of fused-ring (bicyclic) bond motifs is 1. The molecular weight excluding hydrogens is 436 g/mol. The number of amides is 1. The molecule has 0 bridgehead atoms. The number of carbonyl (C=O) groups excluding carboxylic acids is 1. The molecule has 1 amide bonds. The predicted molar refractivity (Wildman–Crippen MR) is 141 cm³/mol. The van der Waals surface area contributed by atoms with Crippen molar-refractivity contribution in [3.63, 3.8) is 0 Å². The Balaban J connectivity index is 1.36. The first-order chi connectivity index (χ1) is 17.0.